The van der Waals surface area contributed by atoms with Crippen molar-refractivity contribution in [2.24, 2.45) is 0 Å². The summed E-state index contributed by atoms with van der Waals surface area (Å²) in [4.78, 5) is 2.35. The van der Waals surface area contributed by atoms with Crippen LogP contribution in [-0.2, 0) is 4.74 Å². The minimum Gasteiger partial charge on any atom is -0.382 e. The van der Waals surface area contributed by atoms with Gasteiger partial charge in [0, 0.05) is 37.6 Å². The van der Waals surface area contributed by atoms with Gasteiger partial charge in [0.2, 0.25) is 0 Å². The van der Waals surface area contributed by atoms with E-state index in [1.807, 2.05) is 0 Å². The number of nitrogens with one attached hydrogen (secondary N) is 1. The fraction of sp³-hybridized carbons (Fsp3) is 0.600. The molecule has 0 aromatic heterocycles. The van der Waals surface area contributed by atoms with Crippen molar-refractivity contribution in [3.63, 3.8) is 0 Å². The van der Waals surface area contributed by atoms with Crippen LogP contribution in [0.25, 0.3) is 0 Å². The predicted octanol–water partition coefficient (Wildman–Crippen LogP) is 3.12. The Labute approximate surface area is 110 Å². The molecule has 2 rings (SSSR count). The molecule has 1 N–H and O–H groups in total. The maximum atomic E-state index is 5.60. The number of benzene rings is 1. The highest BCUT2D eigenvalue weighted by Gasteiger charge is 2.14. The van der Waals surface area contributed by atoms with Crippen LogP contribution in [0.1, 0.15) is 26.7 Å². The number of rotatable bonds is 6. The van der Waals surface area contributed by atoms with Crippen LogP contribution in [0, 0.1) is 0 Å². The van der Waals surface area contributed by atoms with Gasteiger partial charge in [-0.2, -0.15) is 0 Å². The second-order valence-corrected chi connectivity index (χ2v) is 4.74. The number of nitrogens with zero attached hydrogens (tertiary/aromatic N) is 1. The molecule has 0 saturated carbocycles. The number of anilines is 2. The summed E-state index contributed by atoms with van der Waals surface area (Å²) in [6.45, 7) is 8.33. The van der Waals surface area contributed by atoms with Gasteiger partial charge in [-0.25, -0.2) is 0 Å². The van der Waals surface area contributed by atoms with Gasteiger partial charge in [-0.15, -0.1) is 0 Å². The molecule has 1 fully saturated rings. The van der Waals surface area contributed by atoms with Crippen molar-refractivity contribution in [2.45, 2.75) is 32.8 Å². The highest BCUT2D eigenvalue weighted by molar-refractivity contribution is 5.55. The molecule has 0 amide bonds. The SMILES string of the molecule is CCN(CC)c1ccc(NCC2CCCO2)cc1. The molecule has 0 radical (unpaired) electrons. The summed E-state index contributed by atoms with van der Waals surface area (Å²) >= 11 is 0. The van der Waals surface area contributed by atoms with Crippen molar-refractivity contribution in [2.75, 3.05) is 36.5 Å². The molecule has 1 unspecified atom stereocenters. The monoisotopic (exact) mass is 248 g/mol. The zero-order valence-electron chi connectivity index (χ0n) is 11.5. The zero-order chi connectivity index (χ0) is 12.8. The Morgan fingerprint density at radius 1 is 1.22 bits per heavy atom. The summed E-state index contributed by atoms with van der Waals surface area (Å²) in [6.07, 6.45) is 2.78. The lowest BCUT2D eigenvalue weighted by atomic mass is 10.2. The van der Waals surface area contributed by atoms with E-state index in [-0.39, 0.29) is 0 Å². The van der Waals surface area contributed by atoms with E-state index >= 15 is 0 Å². The topological polar surface area (TPSA) is 24.5 Å². The van der Waals surface area contributed by atoms with E-state index in [2.05, 4.69) is 48.3 Å². The zero-order valence-corrected chi connectivity index (χ0v) is 11.5. The van der Waals surface area contributed by atoms with Crippen LogP contribution in [0.3, 0.4) is 0 Å². The average Bonchev–Trinajstić information content (AvgIpc) is 2.92. The molecule has 3 heteroatoms. The standard InChI is InChI=1S/C15H24N2O/c1-3-17(4-2)14-9-7-13(8-10-14)16-12-15-6-5-11-18-15/h7-10,15-16H,3-6,11-12H2,1-2H3. The molecule has 1 aromatic rings. The molecule has 1 heterocycles. The summed E-state index contributed by atoms with van der Waals surface area (Å²) < 4.78 is 5.60. The van der Waals surface area contributed by atoms with Gasteiger partial charge < -0.3 is 15.0 Å². The van der Waals surface area contributed by atoms with Crippen LogP contribution in [0.2, 0.25) is 0 Å². The normalized spacial score (nSPS) is 18.9. The van der Waals surface area contributed by atoms with E-state index < -0.39 is 0 Å². The fourth-order valence-corrected chi connectivity index (χ4v) is 2.42. The minimum absolute atomic E-state index is 0.396. The maximum Gasteiger partial charge on any atom is 0.0748 e. The third-order valence-electron chi connectivity index (χ3n) is 3.55. The first-order chi connectivity index (χ1) is 8.83. The molecule has 100 valence electrons. The first-order valence-corrected chi connectivity index (χ1v) is 7.04. The lowest BCUT2D eigenvalue weighted by Gasteiger charge is -2.21. The summed E-state index contributed by atoms with van der Waals surface area (Å²) in [7, 11) is 0. The maximum absolute atomic E-state index is 5.60. The quantitative estimate of drug-likeness (QED) is 0.837. The average molecular weight is 248 g/mol. The van der Waals surface area contributed by atoms with Gasteiger partial charge in [-0.3, -0.25) is 0 Å². The number of ether oxygens (including phenoxy) is 1. The molecule has 1 saturated heterocycles. The van der Waals surface area contributed by atoms with Crippen molar-refractivity contribution in [1.82, 2.24) is 0 Å². The van der Waals surface area contributed by atoms with E-state index in [4.69, 9.17) is 4.74 Å². The Hall–Kier alpha value is -1.22. The van der Waals surface area contributed by atoms with Crippen LogP contribution in [0.15, 0.2) is 24.3 Å². The first-order valence-electron chi connectivity index (χ1n) is 7.04. The first kappa shape index (κ1) is 13.2. The molecule has 3 nitrogen and oxygen atoms in total. The van der Waals surface area contributed by atoms with Crippen molar-refractivity contribution in [3.05, 3.63) is 24.3 Å². The van der Waals surface area contributed by atoms with E-state index in [1.165, 1.54) is 24.2 Å². The Balaban J connectivity index is 1.86. The Morgan fingerprint density at radius 2 is 1.94 bits per heavy atom. The predicted molar refractivity (Wildman–Crippen MR) is 77.5 cm³/mol. The van der Waals surface area contributed by atoms with Gasteiger partial charge in [0.05, 0.1) is 6.10 Å². The van der Waals surface area contributed by atoms with E-state index in [9.17, 15) is 0 Å². The van der Waals surface area contributed by atoms with Crippen molar-refractivity contribution in [3.8, 4) is 0 Å². The number of hydrogen-bond donors (Lipinski definition) is 1. The Morgan fingerprint density at radius 3 is 2.50 bits per heavy atom. The summed E-state index contributed by atoms with van der Waals surface area (Å²) in [6, 6.07) is 8.68. The van der Waals surface area contributed by atoms with Crippen molar-refractivity contribution < 1.29 is 4.74 Å². The van der Waals surface area contributed by atoms with E-state index in [1.54, 1.807) is 0 Å². The molecule has 1 aromatic carbocycles. The van der Waals surface area contributed by atoms with Crippen molar-refractivity contribution >= 4 is 11.4 Å². The lowest BCUT2D eigenvalue weighted by molar-refractivity contribution is 0.120. The molecule has 0 aliphatic carbocycles. The molecular formula is C15H24N2O. The van der Waals surface area contributed by atoms with Gasteiger partial charge in [-0.05, 0) is 51.0 Å². The summed E-state index contributed by atoms with van der Waals surface area (Å²) in [5.41, 5.74) is 2.48. The largest absolute Gasteiger partial charge is 0.382 e. The van der Waals surface area contributed by atoms with Gasteiger partial charge in [0.15, 0.2) is 0 Å². The van der Waals surface area contributed by atoms with Crippen LogP contribution >= 0.6 is 0 Å². The summed E-state index contributed by atoms with van der Waals surface area (Å²) in [5.74, 6) is 0. The minimum atomic E-state index is 0.396. The van der Waals surface area contributed by atoms with Gasteiger partial charge in [0.1, 0.15) is 0 Å². The van der Waals surface area contributed by atoms with Crippen molar-refractivity contribution in [1.29, 1.82) is 0 Å². The Kier molecular flexibility index (Phi) is 4.88. The van der Waals surface area contributed by atoms with E-state index in [0.717, 1.165) is 26.2 Å². The Bertz CT molecular complexity index is 340. The summed E-state index contributed by atoms with van der Waals surface area (Å²) in [5, 5.41) is 3.45. The third kappa shape index (κ3) is 3.39. The second kappa shape index (κ2) is 6.64. The van der Waals surface area contributed by atoms with Crippen LogP contribution < -0.4 is 10.2 Å². The van der Waals surface area contributed by atoms with Crippen LogP contribution in [0.5, 0.6) is 0 Å². The lowest BCUT2D eigenvalue weighted by Crippen LogP contribution is -2.21. The highest BCUT2D eigenvalue weighted by Crippen LogP contribution is 2.18. The van der Waals surface area contributed by atoms with Gasteiger partial charge in [0.25, 0.3) is 0 Å². The van der Waals surface area contributed by atoms with Crippen LogP contribution in [-0.4, -0.2) is 32.3 Å². The smallest absolute Gasteiger partial charge is 0.0748 e. The molecule has 1 atom stereocenters. The molecular weight excluding hydrogens is 224 g/mol. The highest BCUT2D eigenvalue weighted by atomic mass is 16.5. The molecule has 0 spiro atoms. The number of hydrogen-bond acceptors (Lipinski definition) is 3. The van der Waals surface area contributed by atoms with E-state index in [0.29, 0.717) is 6.10 Å². The third-order valence-corrected chi connectivity index (χ3v) is 3.55. The molecule has 1 aliphatic rings. The molecule has 18 heavy (non-hydrogen) atoms. The molecule has 0 bridgehead atoms. The fourth-order valence-electron chi connectivity index (χ4n) is 2.42. The van der Waals surface area contributed by atoms with Crippen LogP contribution in [0.4, 0.5) is 11.4 Å². The second-order valence-electron chi connectivity index (χ2n) is 4.74. The molecule has 1 aliphatic heterocycles. The van der Waals surface area contributed by atoms with Gasteiger partial charge in [-0.1, -0.05) is 0 Å². The van der Waals surface area contributed by atoms with Gasteiger partial charge >= 0.3 is 0 Å².